The lowest BCUT2D eigenvalue weighted by atomic mass is 9.91. The number of rotatable bonds is 13. The molecule has 0 spiro atoms. The molecule has 0 aliphatic rings. The van der Waals surface area contributed by atoms with Crippen LogP contribution in [0.15, 0.2) is 36.4 Å². The third-order valence-corrected chi connectivity index (χ3v) is 6.21. The van der Waals surface area contributed by atoms with E-state index in [1.165, 1.54) is 0 Å². The fraction of sp³-hybridized carbons (Fsp3) is 0.517. The fourth-order valence-corrected chi connectivity index (χ4v) is 4.53. The summed E-state index contributed by atoms with van der Waals surface area (Å²) in [5.74, 6) is -1.91. The minimum atomic E-state index is -0.816. The van der Waals surface area contributed by atoms with Gasteiger partial charge in [-0.3, -0.25) is 19.2 Å². The molecule has 0 heterocycles. The van der Waals surface area contributed by atoms with Gasteiger partial charge in [-0.2, -0.15) is 0 Å². The van der Waals surface area contributed by atoms with E-state index in [4.69, 9.17) is 10.5 Å². The zero-order valence-corrected chi connectivity index (χ0v) is 22.8. The molecule has 0 fully saturated rings. The molecular formula is C29H41N3O5. The monoisotopic (exact) mass is 511 g/mol. The molecule has 0 bridgehead atoms. The molecule has 4 N–H and O–H groups in total. The smallest absolute Gasteiger partial charge is 0.306 e. The van der Waals surface area contributed by atoms with Crippen molar-refractivity contribution < 1.29 is 23.9 Å². The number of ether oxygens (including phenoxy) is 1. The Morgan fingerprint density at radius 1 is 0.892 bits per heavy atom. The molecule has 1 unspecified atom stereocenters. The number of nitrogens with one attached hydrogen (secondary N) is 2. The van der Waals surface area contributed by atoms with E-state index < -0.39 is 35.8 Å². The molecule has 8 heteroatoms. The Bertz CT molecular complexity index is 1110. The van der Waals surface area contributed by atoms with E-state index in [2.05, 4.69) is 10.6 Å². The first kappa shape index (κ1) is 29.8. The van der Waals surface area contributed by atoms with Crippen LogP contribution in [0.1, 0.15) is 82.8 Å². The number of amides is 3. The van der Waals surface area contributed by atoms with E-state index in [-0.39, 0.29) is 30.8 Å². The molecule has 2 rings (SSSR count). The molecule has 0 radical (unpaired) electrons. The maximum absolute atomic E-state index is 13.6. The normalized spacial score (nSPS) is 13.7. The largest absolute Gasteiger partial charge is 0.466 e. The van der Waals surface area contributed by atoms with Crippen molar-refractivity contribution in [3.63, 3.8) is 0 Å². The molecule has 0 saturated carbocycles. The SMILES string of the molecule is CCOC(=O)CC(CC(C)C)C(=O)N[C@@H](C)c1ccc2ccccc2c1C(=O)N[C@@H](CC(C)C)C(N)=O. The van der Waals surface area contributed by atoms with Crippen molar-refractivity contribution in [1.82, 2.24) is 10.6 Å². The molecule has 3 atom stereocenters. The van der Waals surface area contributed by atoms with Gasteiger partial charge in [0, 0.05) is 5.92 Å². The molecule has 2 aromatic carbocycles. The van der Waals surface area contributed by atoms with Crippen LogP contribution in [0.2, 0.25) is 0 Å². The van der Waals surface area contributed by atoms with Gasteiger partial charge in [-0.1, -0.05) is 64.1 Å². The van der Waals surface area contributed by atoms with E-state index in [1.54, 1.807) is 13.8 Å². The maximum atomic E-state index is 13.6. The first-order valence-corrected chi connectivity index (χ1v) is 13.0. The molecule has 0 aliphatic carbocycles. The molecule has 0 aromatic heterocycles. The van der Waals surface area contributed by atoms with E-state index in [9.17, 15) is 19.2 Å². The van der Waals surface area contributed by atoms with Gasteiger partial charge in [0.05, 0.1) is 24.6 Å². The minimum absolute atomic E-state index is 0.00880. The van der Waals surface area contributed by atoms with Crippen LogP contribution in [0.5, 0.6) is 0 Å². The summed E-state index contributed by atoms with van der Waals surface area (Å²) in [5.41, 5.74) is 6.56. The van der Waals surface area contributed by atoms with Crippen LogP contribution in [0.25, 0.3) is 10.8 Å². The van der Waals surface area contributed by atoms with Gasteiger partial charge in [0.2, 0.25) is 11.8 Å². The highest BCUT2D eigenvalue weighted by molar-refractivity contribution is 6.09. The van der Waals surface area contributed by atoms with Gasteiger partial charge in [-0.05, 0) is 54.9 Å². The van der Waals surface area contributed by atoms with Crippen LogP contribution in [0.4, 0.5) is 0 Å². The number of primary amides is 1. The van der Waals surface area contributed by atoms with Crippen LogP contribution >= 0.6 is 0 Å². The van der Waals surface area contributed by atoms with Crippen LogP contribution in [0, 0.1) is 17.8 Å². The van der Waals surface area contributed by atoms with Gasteiger partial charge in [0.1, 0.15) is 6.04 Å². The Hall–Kier alpha value is -3.42. The summed E-state index contributed by atoms with van der Waals surface area (Å²) in [7, 11) is 0. The Morgan fingerprint density at radius 3 is 2.14 bits per heavy atom. The summed E-state index contributed by atoms with van der Waals surface area (Å²) < 4.78 is 5.07. The minimum Gasteiger partial charge on any atom is -0.466 e. The molecule has 37 heavy (non-hydrogen) atoms. The average Bonchev–Trinajstić information content (AvgIpc) is 2.81. The van der Waals surface area contributed by atoms with E-state index in [1.807, 2.05) is 64.1 Å². The van der Waals surface area contributed by atoms with Crippen LogP contribution < -0.4 is 16.4 Å². The third-order valence-electron chi connectivity index (χ3n) is 6.21. The van der Waals surface area contributed by atoms with Gasteiger partial charge >= 0.3 is 5.97 Å². The Balaban J connectivity index is 2.41. The van der Waals surface area contributed by atoms with Crippen molar-refractivity contribution in [3.05, 3.63) is 47.5 Å². The van der Waals surface area contributed by atoms with Gasteiger partial charge < -0.3 is 21.1 Å². The summed E-state index contributed by atoms with van der Waals surface area (Å²) in [6.45, 7) is 11.7. The van der Waals surface area contributed by atoms with Gasteiger partial charge in [-0.15, -0.1) is 0 Å². The predicted molar refractivity (Wildman–Crippen MR) is 145 cm³/mol. The zero-order valence-electron chi connectivity index (χ0n) is 22.8. The zero-order chi connectivity index (χ0) is 27.7. The molecular weight excluding hydrogens is 470 g/mol. The highest BCUT2D eigenvalue weighted by Crippen LogP contribution is 2.28. The number of benzene rings is 2. The number of hydrogen-bond acceptors (Lipinski definition) is 5. The summed E-state index contributed by atoms with van der Waals surface area (Å²) in [5, 5.41) is 7.37. The van der Waals surface area contributed by atoms with E-state index >= 15 is 0 Å². The third kappa shape index (κ3) is 8.58. The molecule has 8 nitrogen and oxygen atoms in total. The molecule has 0 aliphatic heterocycles. The molecule has 2 aromatic rings. The molecule has 3 amide bonds. The topological polar surface area (TPSA) is 128 Å². The predicted octanol–water partition coefficient (Wildman–Crippen LogP) is 4.26. The number of nitrogens with two attached hydrogens (primary N) is 1. The van der Waals surface area contributed by atoms with Gasteiger partial charge in [0.15, 0.2) is 0 Å². The van der Waals surface area contributed by atoms with Crippen molar-refractivity contribution in [2.75, 3.05) is 6.61 Å². The lowest BCUT2D eigenvalue weighted by Crippen LogP contribution is -2.45. The highest BCUT2D eigenvalue weighted by Gasteiger charge is 2.28. The summed E-state index contributed by atoms with van der Waals surface area (Å²) >= 11 is 0. The van der Waals surface area contributed by atoms with Gasteiger partial charge in [0.25, 0.3) is 5.91 Å². The first-order valence-electron chi connectivity index (χ1n) is 13.0. The fourth-order valence-electron chi connectivity index (χ4n) is 4.53. The van der Waals surface area contributed by atoms with E-state index in [0.717, 1.165) is 5.39 Å². The van der Waals surface area contributed by atoms with Crippen LogP contribution in [0.3, 0.4) is 0 Å². The van der Waals surface area contributed by atoms with Crippen LogP contribution in [-0.4, -0.2) is 36.3 Å². The van der Waals surface area contributed by atoms with Crippen molar-refractivity contribution >= 4 is 34.5 Å². The second-order valence-electron chi connectivity index (χ2n) is 10.4. The number of carbonyl (C=O) groups is 4. The Morgan fingerprint density at radius 2 is 1.54 bits per heavy atom. The van der Waals surface area contributed by atoms with Gasteiger partial charge in [-0.25, -0.2) is 0 Å². The lowest BCUT2D eigenvalue weighted by molar-refractivity contribution is -0.146. The molecule has 0 saturated heterocycles. The Kier molecular flexibility index (Phi) is 11.1. The highest BCUT2D eigenvalue weighted by atomic mass is 16.5. The van der Waals surface area contributed by atoms with E-state index in [0.29, 0.717) is 29.4 Å². The Labute approximate surface area is 219 Å². The van der Waals surface area contributed by atoms with Crippen molar-refractivity contribution in [1.29, 1.82) is 0 Å². The summed E-state index contributed by atoms with van der Waals surface area (Å²) in [4.78, 5) is 51.0. The average molecular weight is 512 g/mol. The maximum Gasteiger partial charge on any atom is 0.306 e. The molecule has 202 valence electrons. The standard InChI is InChI=1S/C29H41N3O5/c1-7-37-25(33)16-21(14-17(2)3)28(35)31-19(6)22-13-12-20-10-8-9-11-23(20)26(22)29(36)32-24(27(30)34)15-18(4)5/h8-13,17-19,21,24H,7,14-16H2,1-6H3,(H2,30,34)(H,31,35)(H,32,36)/t19-,21?,24-/m0/s1. The first-order chi connectivity index (χ1) is 17.4. The lowest BCUT2D eigenvalue weighted by Gasteiger charge is -2.24. The number of fused-ring (bicyclic) bond motifs is 1. The number of carbonyl (C=O) groups excluding carboxylic acids is 4. The number of esters is 1. The summed E-state index contributed by atoms with van der Waals surface area (Å²) in [6.07, 6.45) is 0.932. The summed E-state index contributed by atoms with van der Waals surface area (Å²) in [6, 6.07) is 9.82. The van der Waals surface area contributed by atoms with Crippen LogP contribution in [-0.2, 0) is 19.1 Å². The number of hydrogen-bond donors (Lipinski definition) is 3. The van der Waals surface area contributed by atoms with Crippen molar-refractivity contribution in [2.45, 2.75) is 72.9 Å². The second kappa shape index (κ2) is 13.8. The van der Waals surface area contributed by atoms with Crippen molar-refractivity contribution in [2.24, 2.45) is 23.5 Å². The second-order valence-corrected chi connectivity index (χ2v) is 10.4. The van der Waals surface area contributed by atoms with Crippen molar-refractivity contribution in [3.8, 4) is 0 Å². The quantitative estimate of drug-likeness (QED) is 0.346.